The Hall–Kier alpha value is -1.65. The number of rotatable bonds is 1. The second-order valence-corrected chi connectivity index (χ2v) is 1.89. The Bertz CT molecular complexity index is 318. The molecule has 0 saturated heterocycles. The van der Waals surface area contributed by atoms with Crippen molar-refractivity contribution in [1.82, 2.24) is 15.3 Å². The monoisotopic (exact) mass is 153 g/mol. The number of amides is 1. The number of nitrogens with one attached hydrogen (secondary N) is 2. The van der Waals surface area contributed by atoms with E-state index in [1.165, 1.54) is 13.2 Å². The van der Waals surface area contributed by atoms with Gasteiger partial charge in [0.05, 0.1) is 12.4 Å². The highest BCUT2D eigenvalue weighted by atomic mass is 16.2. The molecule has 5 heteroatoms. The number of nitrogens with zero attached hydrogens (tertiary/aromatic N) is 1. The zero-order valence-corrected chi connectivity index (χ0v) is 5.92. The van der Waals surface area contributed by atoms with Gasteiger partial charge in [-0.1, -0.05) is 0 Å². The number of hydrogen-bond donors (Lipinski definition) is 2. The average Bonchev–Trinajstić information content (AvgIpc) is 2.03. The third kappa shape index (κ3) is 1.64. The molecular formula is C6H7N3O2. The lowest BCUT2D eigenvalue weighted by Gasteiger charge is -1.95. The van der Waals surface area contributed by atoms with E-state index in [0.29, 0.717) is 0 Å². The molecule has 1 aromatic rings. The summed E-state index contributed by atoms with van der Waals surface area (Å²) in [5.41, 5.74) is -0.217. The van der Waals surface area contributed by atoms with Crippen LogP contribution in [0.2, 0.25) is 0 Å². The highest BCUT2D eigenvalue weighted by Gasteiger charge is 2.01. The van der Waals surface area contributed by atoms with Crippen LogP contribution in [-0.2, 0) is 0 Å². The Morgan fingerprint density at radius 2 is 2.36 bits per heavy atom. The van der Waals surface area contributed by atoms with E-state index < -0.39 is 0 Å². The normalized spacial score (nSPS) is 9.18. The summed E-state index contributed by atoms with van der Waals surface area (Å²) >= 11 is 0. The molecule has 0 aromatic carbocycles. The number of aromatic nitrogens is 2. The predicted octanol–water partition coefficient (Wildman–Crippen LogP) is -0.871. The molecule has 0 unspecified atom stereocenters. The Balaban J connectivity index is 3.05. The van der Waals surface area contributed by atoms with Gasteiger partial charge < -0.3 is 10.3 Å². The van der Waals surface area contributed by atoms with Crippen molar-refractivity contribution in [2.75, 3.05) is 7.05 Å². The Kier molecular flexibility index (Phi) is 2.00. The molecule has 58 valence electrons. The molecule has 0 bridgehead atoms. The van der Waals surface area contributed by atoms with Gasteiger partial charge in [-0.05, 0) is 0 Å². The molecule has 0 radical (unpaired) electrons. The van der Waals surface area contributed by atoms with Crippen molar-refractivity contribution in [3.63, 3.8) is 0 Å². The van der Waals surface area contributed by atoms with Gasteiger partial charge in [-0.15, -0.1) is 0 Å². The van der Waals surface area contributed by atoms with Crippen LogP contribution >= 0.6 is 0 Å². The smallest absolute Gasteiger partial charge is 0.269 e. The molecule has 5 nitrogen and oxygen atoms in total. The van der Waals surface area contributed by atoms with Crippen molar-refractivity contribution in [2.24, 2.45) is 0 Å². The zero-order chi connectivity index (χ0) is 8.27. The summed E-state index contributed by atoms with van der Waals surface area (Å²) in [5, 5.41) is 2.36. The summed E-state index contributed by atoms with van der Waals surface area (Å²) < 4.78 is 0. The van der Waals surface area contributed by atoms with E-state index in [-0.39, 0.29) is 17.2 Å². The van der Waals surface area contributed by atoms with Gasteiger partial charge in [0, 0.05) is 7.05 Å². The number of H-pyrrole nitrogens is 1. The second-order valence-electron chi connectivity index (χ2n) is 1.89. The van der Waals surface area contributed by atoms with Crippen LogP contribution in [0.4, 0.5) is 0 Å². The summed E-state index contributed by atoms with van der Waals surface area (Å²) in [5.74, 6) is -0.352. The molecule has 11 heavy (non-hydrogen) atoms. The van der Waals surface area contributed by atoms with E-state index in [1.807, 2.05) is 0 Å². The van der Waals surface area contributed by atoms with Gasteiger partial charge in [-0.25, -0.2) is 0 Å². The molecule has 0 aliphatic carbocycles. The first-order chi connectivity index (χ1) is 5.24. The standard InChI is InChI=1S/C6H7N3O2/c1-7-6(11)4-2-8-3-5(10)9-4/h2-3H,1H3,(H,7,11)(H,9,10). The lowest BCUT2D eigenvalue weighted by atomic mass is 10.4. The van der Waals surface area contributed by atoms with Crippen molar-refractivity contribution in [1.29, 1.82) is 0 Å². The molecule has 1 heterocycles. The summed E-state index contributed by atoms with van der Waals surface area (Å²) in [4.78, 5) is 27.3. The number of aromatic amines is 1. The summed E-state index contributed by atoms with van der Waals surface area (Å²) in [6.07, 6.45) is 2.40. The first-order valence-corrected chi connectivity index (χ1v) is 3.00. The highest BCUT2D eigenvalue weighted by Crippen LogP contribution is 1.84. The van der Waals surface area contributed by atoms with Gasteiger partial charge in [0.25, 0.3) is 11.5 Å². The van der Waals surface area contributed by atoms with E-state index in [1.54, 1.807) is 0 Å². The molecule has 2 N–H and O–H groups in total. The topological polar surface area (TPSA) is 74.8 Å². The Morgan fingerprint density at radius 3 is 2.91 bits per heavy atom. The third-order valence-electron chi connectivity index (χ3n) is 1.12. The van der Waals surface area contributed by atoms with E-state index in [4.69, 9.17) is 0 Å². The Labute approximate surface area is 62.5 Å². The van der Waals surface area contributed by atoms with Gasteiger partial charge in [-0.3, -0.25) is 14.6 Å². The predicted molar refractivity (Wildman–Crippen MR) is 38.2 cm³/mol. The van der Waals surface area contributed by atoms with Crippen molar-refractivity contribution in [3.05, 3.63) is 28.4 Å². The molecule has 0 aliphatic rings. The first-order valence-electron chi connectivity index (χ1n) is 3.00. The number of carbonyl (C=O) groups is 1. The van der Waals surface area contributed by atoms with E-state index in [2.05, 4.69) is 15.3 Å². The molecule has 1 amide bonds. The lowest BCUT2D eigenvalue weighted by Crippen LogP contribution is -2.22. The largest absolute Gasteiger partial charge is 0.354 e. The van der Waals surface area contributed by atoms with Crippen LogP contribution in [0.1, 0.15) is 10.5 Å². The Morgan fingerprint density at radius 1 is 1.64 bits per heavy atom. The minimum Gasteiger partial charge on any atom is -0.354 e. The SMILES string of the molecule is CNC(=O)c1cncc(=O)[nH]1. The van der Waals surface area contributed by atoms with Gasteiger partial charge in [-0.2, -0.15) is 0 Å². The van der Waals surface area contributed by atoms with Gasteiger partial charge in [0.15, 0.2) is 0 Å². The van der Waals surface area contributed by atoms with Gasteiger partial charge in [0.2, 0.25) is 0 Å². The summed E-state index contributed by atoms with van der Waals surface area (Å²) in [7, 11) is 1.48. The van der Waals surface area contributed by atoms with Crippen molar-refractivity contribution >= 4 is 5.91 Å². The van der Waals surface area contributed by atoms with Gasteiger partial charge in [0.1, 0.15) is 5.69 Å². The van der Waals surface area contributed by atoms with Crippen LogP contribution in [0, 0.1) is 0 Å². The average molecular weight is 153 g/mol. The third-order valence-corrected chi connectivity index (χ3v) is 1.12. The van der Waals surface area contributed by atoms with Crippen LogP contribution in [-0.4, -0.2) is 22.9 Å². The molecule has 0 atom stereocenters. The molecule has 1 rings (SSSR count). The maximum Gasteiger partial charge on any atom is 0.269 e. The maximum atomic E-state index is 10.8. The maximum absolute atomic E-state index is 10.8. The van der Waals surface area contributed by atoms with Crippen molar-refractivity contribution in [3.8, 4) is 0 Å². The summed E-state index contributed by atoms with van der Waals surface area (Å²) in [6.45, 7) is 0. The lowest BCUT2D eigenvalue weighted by molar-refractivity contribution is 0.0957. The fourth-order valence-corrected chi connectivity index (χ4v) is 0.627. The van der Waals surface area contributed by atoms with Crippen LogP contribution in [0.15, 0.2) is 17.2 Å². The highest BCUT2D eigenvalue weighted by molar-refractivity contribution is 5.91. The summed E-state index contributed by atoms with van der Waals surface area (Å²) in [6, 6.07) is 0. The van der Waals surface area contributed by atoms with Crippen molar-refractivity contribution in [2.45, 2.75) is 0 Å². The first kappa shape index (κ1) is 7.46. The molecule has 0 saturated carbocycles. The van der Waals surface area contributed by atoms with Gasteiger partial charge >= 0.3 is 0 Å². The minimum atomic E-state index is -0.383. The van der Waals surface area contributed by atoms with Crippen LogP contribution in [0.25, 0.3) is 0 Å². The van der Waals surface area contributed by atoms with Crippen molar-refractivity contribution < 1.29 is 4.79 Å². The van der Waals surface area contributed by atoms with E-state index in [9.17, 15) is 9.59 Å². The van der Waals surface area contributed by atoms with E-state index in [0.717, 1.165) is 6.20 Å². The fourth-order valence-electron chi connectivity index (χ4n) is 0.627. The van der Waals surface area contributed by atoms with Crippen LogP contribution in [0.5, 0.6) is 0 Å². The minimum absolute atomic E-state index is 0.167. The molecule has 0 fully saturated rings. The van der Waals surface area contributed by atoms with Crippen LogP contribution in [0.3, 0.4) is 0 Å². The number of carbonyl (C=O) groups excluding carboxylic acids is 1. The molecule has 0 aliphatic heterocycles. The zero-order valence-electron chi connectivity index (χ0n) is 5.92. The molecule has 1 aromatic heterocycles. The molecular weight excluding hydrogens is 146 g/mol. The molecule has 0 spiro atoms. The van der Waals surface area contributed by atoms with E-state index >= 15 is 0 Å². The second kappa shape index (κ2) is 2.96. The fraction of sp³-hybridized carbons (Fsp3) is 0.167. The quantitative estimate of drug-likeness (QED) is 0.550. The van der Waals surface area contributed by atoms with Crippen LogP contribution < -0.4 is 10.9 Å². The number of hydrogen-bond acceptors (Lipinski definition) is 3.